The number of hydrogen-bond donors (Lipinski definition) is 0. The molecule has 2 aromatic carbocycles. The van der Waals surface area contributed by atoms with Crippen molar-refractivity contribution >= 4 is 28.5 Å². The van der Waals surface area contributed by atoms with E-state index in [-0.39, 0.29) is 12.2 Å². The Labute approximate surface area is 159 Å². The molecule has 0 fully saturated rings. The lowest BCUT2D eigenvalue weighted by Gasteiger charge is -2.28. The van der Waals surface area contributed by atoms with Crippen molar-refractivity contribution in [2.24, 2.45) is 0 Å². The number of rotatable bonds is 1. The van der Waals surface area contributed by atoms with Gasteiger partial charge in [-0.2, -0.15) is 13.2 Å². The fourth-order valence-corrected chi connectivity index (χ4v) is 4.37. The van der Waals surface area contributed by atoms with Gasteiger partial charge in [-0.15, -0.1) is 10.2 Å². The molecule has 0 unspecified atom stereocenters. The monoisotopic (exact) mass is 377 g/mol. The van der Waals surface area contributed by atoms with Crippen molar-refractivity contribution in [2.45, 2.75) is 20.0 Å². The second-order valence-electron chi connectivity index (χ2n) is 7.17. The van der Waals surface area contributed by atoms with Gasteiger partial charge >= 0.3 is 13.0 Å². The molecule has 0 saturated carbocycles. The third-order valence-corrected chi connectivity index (χ3v) is 5.52. The Hall–Kier alpha value is -3.09. The lowest BCUT2D eigenvalue weighted by Crippen LogP contribution is -2.53. The fraction of sp³-hybridized carbons (Fsp3) is 0.143. The second kappa shape index (κ2) is 5.71. The van der Waals surface area contributed by atoms with Crippen LogP contribution in [0.4, 0.5) is 13.2 Å². The summed E-state index contributed by atoms with van der Waals surface area (Å²) in [5.41, 5.74) is 4.45. The van der Waals surface area contributed by atoms with E-state index in [0.717, 1.165) is 27.7 Å². The summed E-state index contributed by atoms with van der Waals surface area (Å²) in [6.45, 7) is 3.85. The molecule has 0 spiro atoms. The van der Waals surface area contributed by atoms with Gasteiger partial charge in [-0.3, -0.25) is 0 Å². The molecule has 0 atom stereocenters. The number of nitrogens with zero attached hydrogens (tertiary/aromatic N) is 3. The first-order chi connectivity index (χ1) is 13.4. The minimum absolute atomic E-state index is 0.0960. The van der Waals surface area contributed by atoms with E-state index in [9.17, 15) is 13.2 Å². The van der Waals surface area contributed by atoms with E-state index in [1.165, 1.54) is 6.07 Å². The molecule has 0 aliphatic carbocycles. The Bertz CT molecular complexity index is 1220. The molecule has 3 nitrogen and oxygen atoms in total. The number of fused-ring (bicyclic) bond motifs is 2. The highest BCUT2D eigenvalue weighted by Gasteiger charge is 2.40. The zero-order valence-corrected chi connectivity index (χ0v) is 15.2. The van der Waals surface area contributed by atoms with E-state index >= 15 is 0 Å². The Morgan fingerprint density at radius 1 is 0.893 bits per heavy atom. The van der Waals surface area contributed by atoms with Crippen LogP contribution < -0.4 is 10.9 Å². The van der Waals surface area contributed by atoms with Crippen LogP contribution in [0.25, 0.3) is 22.2 Å². The molecule has 0 amide bonds. The van der Waals surface area contributed by atoms with Crippen LogP contribution in [0.1, 0.15) is 16.8 Å². The normalized spacial score (nSPS) is 13.1. The van der Waals surface area contributed by atoms with Gasteiger partial charge in [-0.1, -0.05) is 47.5 Å². The summed E-state index contributed by atoms with van der Waals surface area (Å²) in [6, 6.07) is 14.9. The Balaban J connectivity index is 1.93. The third kappa shape index (κ3) is 2.25. The van der Waals surface area contributed by atoms with Crippen LogP contribution >= 0.6 is 0 Å². The van der Waals surface area contributed by atoms with Crippen molar-refractivity contribution in [3.63, 3.8) is 0 Å². The van der Waals surface area contributed by atoms with E-state index in [2.05, 4.69) is 14.7 Å². The summed E-state index contributed by atoms with van der Waals surface area (Å²) in [4.78, 5) is 0. The molecule has 3 heterocycles. The van der Waals surface area contributed by atoms with Gasteiger partial charge in [0.25, 0.3) is 0 Å². The van der Waals surface area contributed by atoms with Gasteiger partial charge < -0.3 is 4.48 Å². The van der Waals surface area contributed by atoms with Crippen molar-refractivity contribution in [2.75, 3.05) is 0 Å². The molecule has 138 valence electrons. The van der Waals surface area contributed by atoms with Crippen LogP contribution in [0, 0.1) is 13.8 Å². The molecule has 28 heavy (non-hydrogen) atoms. The van der Waals surface area contributed by atoms with E-state index < -0.39 is 11.9 Å². The molecular formula is C21H15BF3N3. The van der Waals surface area contributed by atoms with Crippen molar-refractivity contribution in [1.82, 2.24) is 14.7 Å². The largest absolute Gasteiger partial charge is 0.435 e. The summed E-state index contributed by atoms with van der Waals surface area (Å²) < 4.78 is 42.8. The van der Waals surface area contributed by atoms with E-state index in [4.69, 9.17) is 0 Å². The van der Waals surface area contributed by atoms with Gasteiger partial charge in [0.15, 0.2) is 5.69 Å². The average molecular weight is 377 g/mol. The zero-order chi connectivity index (χ0) is 19.6. The number of aromatic nitrogens is 3. The molecule has 1 aliphatic rings. The zero-order valence-electron chi connectivity index (χ0n) is 15.2. The highest BCUT2D eigenvalue weighted by Crippen LogP contribution is 2.37. The van der Waals surface area contributed by atoms with Crippen LogP contribution in [-0.2, 0) is 6.18 Å². The molecular weight excluding hydrogens is 362 g/mol. The summed E-state index contributed by atoms with van der Waals surface area (Å²) in [5, 5.41) is 8.17. The second-order valence-corrected chi connectivity index (χ2v) is 7.17. The lowest BCUT2D eigenvalue weighted by molar-refractivity contribution is -0.140. The lowest BCUT2D eigenvalue weighted by atomic mass is 9.46. The first-order valence-corrected chi connectivity index (χ1v) is 8.97. The molecule has 0 N–H and O–H groups in total. The number of halogens is 3. The average Bonchev–Trinajstić information content (AvgIpc) is 3.12. The van der Waals surface area contributed by atoms with Gasteiger partial charge in [-0.05, 0) is 43.1 Å². The van der Waals surface area contributed by atoms with Crippen LogP contribution in [0.2, 0.25) is 0 Å². The van der Waals surface area contributed by atoms with Gasteiger partial charge in [0.2, 0.25) is 0 Å². The molecule has 0 bridgehead atoms. The van der Waals surface area contributed by atoms with Crippen molar-refractivity contribution in [1.29, 1.82) is 0 Å². The van der Waals surface area contributed by atoms with Crippen molar-refractivity contribution < 1.29 is 13.2 Å². The molecule has 4 aromatic rings. The third-order valence-electron chi connectivity index (χ3n) is 5.52. The summed E-state index contributed by atoms with van der Waals surface area (Å²) in [5.74, 6) is 0. The fourth-order valence-electron chi connectivity index (χ4n) is 4.37. The van der Waals surface area contributed by atoms with Gasteiger partial charge in [0, 0.05) is 10.8 Å². The standard InChI is InChI=1S/C21H15BF3N3/c1-12-6-3-7-13(2)18(12)22-15-9-4-8-14-17(15)19(16-10-5-11-28(16)22)26-27-20(14)21(23,24)25/h3-11H,1-2H3. The minimum atomic E-state index is -4.56. The van der Waals surface area contributed by atoms with Crippen molar-refractivity contribution in [3.05, 3.63) is 71.5 Å². The molecule has 0 saturated heterocycles. The Morgan fingerprint density at radius 2 is 1.61 bits per heavy atom. The molecule has 0 radical (unpaired) electrons. The molecule has 2 aromatic heterocycles. The van der Waals surface area contributed by atoms with Gasteiger partial charge in [0.1, 0.15) is 5.69 Å². The Kier molecular flexibility index (Phi) is 3.47. The number of benzene rings is 2. The minimum Gasteiger partial charge on any atom is -0.381 e. The number of aryl methyl sites for hydroxylation is 2. The summed E-state index contributed by atoms with van der Waals surface area (Å²) in [7, 11) is 0. The highest BCUT2D eigenvalue weighted by molar-refractivity contribution is 6.87. The maximum absolute atomic E-state index is 13.6. The first kappa shape index (κ1) is 17.0. The van der Waals surface area contributed by atoms with E-state index in [1.54, 1.807) is 6.07 Å². The topological polar surface area (TPSA) is 30.7 Å². The molecule has 1 aliphatic heterocycles. The van der Waals surface area contributed by atoms with Crippen LogP contribution in [0.15, 0.2) is 54.7 Å². The quantitative estimate of drug-likeness (QED) is 0.417. The van der Waals surface area contributed by atoms with Crippen LogP contribution in [0.5, 0.6) is 0 Å². The van der Waals surface area contributed by atoms with Crippen LogP contribution in [0.3, 0.4) is 0 Å². The Morgan fingerprint density at radius 3 is 2.32 bits per heavy atom. The smallest absolute Gasteiger partial charge is 0.381 e. The van der Waals surface area contributed by atoms with Crippen LogP contribution in [-0.4, -0.2) is 21.5 Å². The van der Waals surface area contributed by atoms with Gasteiger partial charge in [-0.25, -0.2) is 0 Å². The van der Waals surface area contributed by atoms with Crippen molar-refractivity contribution in [3.8, 4) is 11.4 Å². The number of hydrogen-bond acceptors (Lipinski definition) is 2. The highest BCUT2D eigenvalue weighted by atomic mass is 19.4. The van der Waals surface area contributed by atoms with E-state index in [1.807, 2.05) is 56.4 Å². The summed E-state index contributed by atoms with van der Waals surface area (Å²) in [6.07, 6.45) is -2.61. The summed E-state index contributed by atoms with van der Waals surface area (Å²) >= 11 is 0. The first-order valence-electron chi connectivity index (χ1n) is 8.97. The SMILES string of the molecule is Cc1cccc(C)c1B1c2cccc3c(C(F)(F)F)nnc(c23)-c2cccn21. The predicted octanol–water partition coefficient (Wildman–Crippen LogP) is 3.70. The maximum Gasteiger partial charge on any atom is 0.435 e. The predicted molar refractivity (Wildman–Crippen MR) is 104 cm³/mol. The van der Waals surface area contributed by atoms with E-state index in [0.29, 0.717) is 11.1 Å². The molecule has 5 rings (SSSR count). The molecule has 7 heteroatoms. The maximum atomic E-state index is 13.6. The number of alkyl halides is 3. The van der Waals surface area contributed by atoms with Gasteiger partial charge in [0.05, 0.1) is 5.69 Å².